The zero-order chi connectivity index (χ0) is 19.6. The molecule has 0 atom stereocenters. The van der Waals surface area contributed by atoms with E-state index in [1.54, 1.807) is 21.3 Å². The fourth-order valence-corrected chi connectivity index (χ4v) is 3.08. The molecule has 0 aliphatic carbocycles. The number of benzene rings is 2. The van der Waals surface area contributed by atoms with Crippen LogP contribution in [0.5, 0.6) is 17.2 Å². The second-order valence-corrected chi connectivity index (χ2v) is 6.56. The summed E-state index contributed by atoms with van der Waals surface area (Å²) in [4.78, 5) is 4.65. The van der Waals surface area contributed by atoms with Gasteiger partial charge in [-0.2, -0.15) is 0 Å². The largest absolute Gasteiger partial charge is 0.496 e. The molecule has 0 amide bonds. The first-order chi connectivity index (χ1) is 13.1. The first-order valence-corrected chi connectivity index (χ1v) is 9.46. The highest BCUT2D eigenvalue weighted by molar-refractivity contribution is 14.0. The van der Waals surface area contributed by atoms with Crippen molar-refractivity contribution in [3.63, 3.8) is 0 Å². The number of nitrogens with one attached hydrogen (secondary N) is 2. The van der Waals surface area contributed by atoms with Gasteiger partial charge in [0.15, 0.2) is 17.5 Å². The van der Waals surface area contributed by atoms with Gasteiger partial charge in [-0.05, 0) is 58.2 Å². The Morgan fingerprint density at radius 3 is 2.14 bits per heavy atom. The Morgan fingerprint density at radius 1 is 0.893 bits per heavy atom. The molecule has 0 saturated heterocycles. The first kappa shape index (κ1) is 24.4. The monoisotopic (exact) mass is 563 g/mol. The summed E-state index contributed by atoms with van der Waals surface area (Å²) in [5, 5.41) is 6.60. The van der Waals surface area contributed by atoms with Crippen LogP contribution in [0, 0.1) is 0 Å². The van der Waals surface area contributed by atoms with Crippen LogP contribution >= 0.6 is 39.9 Å². The van der Waals surface area contributed by atoms with Gasteiger partial charge in [0, 0.05) is 13.1 Å². The molecule has 0 aromatic heterocycles. The van der Waals surface area contributed by atoms with Crippen molar-refractivity contribution in [2.45, 2.75) is 20.0 Å². The normalized spacial score (nSPS) is 10.7. The van der Waals surface area contributed by atoms with Gasteiger partial charge in [0.25, 0.3) is 0 Å². The minimum atomic E-state index is 0. The topological polar surface area (TPSA) is 64.1 Å². The van der Waals surface area contributed by atoms with Gasteiger partial charge in [0.05, 0.1) is 32.3 Å². The maximum Gasteiger partial charge on any atom is 0.191 e. The third kappa shape index (κ3) is 7.05. The lowest BCUT2D eigenvalue weighted by molar-refractivity contribution is 0.354. The first-order valence-electron chi connectivity index (χ1n) is 8.66. The molecule has 2 aromatic rings. The van der Waals surface area contributed by atoms with Crippen molar-refractivity contribution < 1.29 is 14.2 Å². The van der Waals surface area contributed by atoms with Crippen LogP contribution in [0.3, 0.4) is 0 Å². The number of hydrogen-bond donors (Lipinski definition) is 2. The predicted octanol–water partition coefficient (Wildman–Crippen LogP) is 4.35. The summed E-state index contributed by atoms with van der Waals surface area (Å²) in [5.74, 6) is 2.98. The molecule has 154 valence electrons. The zero-order valence-corrected chi connectivity index (χ0v) is 20.5. The second kappa shape index (κ2) is 12.7. The van der Waals surface area contributed by atoms with Crippen molar-refractivity contribution in [2.24, 2.45) is 4.99 Å². The molecule has 0 saturated carbocycles. The molecule has 2 rings (SSSR count). The lowest BCUT2D eigenvalue weighted by atomic mass is 10.2. The van der Waals surface area contributed by atoms with Crippen LogP contribution in [-0.2, 0) is 13.1 Å². The summed E-state index contributed by atoms with van der Waals surface area (Å²) in [5.41, 5.74) is 2.16. The van der Waals surface area contributed by atoms with Crippen LogP contribution in [0.2, 0.25) is 0 Å². The van der Waals surface area contributed by atoms with Crippen molar-refractivity contribution in [3.05, 3.63) is 52.0 Å². The van der Waals surface area contributed by atoms with E-state index < -0.39 is 0 Å². The second-order valence-electron chi connectivity index (χ2n) is 5.71. The van der Waals surface area contributed by atoms with Gasteiger partial charge in [-0.15, -0.1) is 24.0 Å². The molecule has 0 radical (unpaired) electrons. The van der Waals surface area contributed by atoms with Gasteiger partial charge < -0.3 is 24.8 Å². The number of halogens is 2. The minimum absolute atomic E-state index is 0. The summed E-state index contributed by atoms with van der Waals surface area (Å²) in [7, 11) is 4.91. The molecule has 0 spiro atoms. The average molecular weight is 564 g/mol. The summed E-state index contributed by atoms with van der Waals surface area (Å²) >= 11 is 3.50. The van der Waals surface area contributed by atoms with Gasteiger partial charge in [0.1, 0.15) is 5.75 Å². The number of nitrogens with zero attached hydrogens (tertiary/aromatic N) is 1. The van der Waals surface area contributed by atoms with Crippen LogP contribution < -0.4 is 24.8 Å². The van der Waals surface area contributed by atoms with Crippen LogP contribution in [0.25, 0.3) is 0 Å². The van der Waals surface area contributed by atoms with E-state index >= 15 is 0 Å². The van der Waals surface area contributed by atoms with Crippen molar-refractivity contribution in [1.29, 1.82) is 0 Å². The van der Waals surface area contributed by atoms with Gasteiger partial charge in [-0.25, -0.2) is 4.99 Å². The molecular formula is C20H27BrIN3O3. The van der Waals surface area contributed by atoms with Crippen LogP contribution in [-0.4, -0.2) is 33.8 Å². The number of hydrogen-bond acceptors (Lipinski definition) is 4. The highest BCUT2D eigenvalue weighted by Crippen LogP contribution is 2.27. The Hall–Kier alpha value is -1.68. The molecule has 6 nitrogen and oxygen atoms in total. The Balaban J connectivity index is 0.00000392. The zero-order valence-electron chi connectivity index (χ0n) is 16.5. The highest BCUT2D eigenvalue weighted by Gasteiger charge is 2.06. The minimum Gasteiger partial charge on any atom is -0.496 e. The SMILES string of the molecule is CCNC(=NCc1ccc(OC)c(Br)c1)NCc1ccc(OC)c(OC)c1.I. The molecule has 28 heavy (non-hydrogen) atoms. The lowest BCUT2D eigenvalue weighted by Gasteiger charge is -2.13. The molecule has 0 unspecified atom stereocenters. The number of rotatable bonds is 8. The third-order valence-corrected chi connectivity index (χ3v) is 4.51. The molecule has 8 heteroatoms. The van der Waals surface area contributed by atoms with Crippen LogP contribution in [0.15, 0.2) is 45.9 Å². The molecule has 0 fully saturated rings. The van der Waals surface area contributed by atoms with Crippen molar-refractivity contribution >= 4 is 45.9 Å². The summed E-state index contributed by atoms with van der Waals surface area (Å²) < 4.78 is 16.8. The smallest absolute Gasteiger partial charge is 0.191 e. The predicted molar refractivity (Wildman–Crippen MR) is 127 cm³/mol. The summed E-state index contributed by atoms with van der Waals surface area (Å²) in [6.07, 6.45) is 0. The van der Waals surface area contributed by atoms with E-state index in [4.69, 9.17) is 14.2 Å². The average Bonchev–Trinajstić information content (AvgIpc) is 2.69. The third-order valence-electron chi connectivity index (χ3n) is 3.89. The Bertz CT molecular complexity index is 787. The summed E-state index contributed by atoms with van der Waals surface area (Å²) in [6.45, 7) is 4.00. The molecular weight excluding hydrogens is 537 g/mol. The highest BCUT2D eigenvalue weighted by atomic mass is 127. The Morgan fingerprint density at radius 2 is 1.54 bits per heavy atom. The van der Waals surface area contributed by atoms with Crippen molar-refractivity contribution in [1.82, 2.24) is 10.6 Å². The van der Waals surface area contributed by atoms with E-state index in [1.165, 1.54) is 0 Å². The van der Waals surface area contributed by atoms with Crippen LogP contribution in [0.4, 0.5) is 0 Å². The van der Waals surface area contributed by atoms with E-state index in [-0.39, 0.29) is 24.0 Å². The Kier molecular flexibility index (Phi) is 11.1. The van der Waals surface area contributed by atoms with E-state index in [2.05, 4.69) is 31.6 Å². The van der Waals surface area contributed by atoms with Crippen LogP contribution in [0.1, 0.15) is 18.1 Å². The maximum absolute atomic E-state index is 5.35. The molecule has 2 aromatic carbocycles. The number of aliphatic imine (C=N–C) groups is 1. The van der Waals surface area contributed by atoms with E-state index in [9.17, 15) is 0 Å². The molecule has 2 N–H and O–H groups in total. The van der Waals surface area contributed by atoms with Gasteiger partial charge >= 0.3 is 0 Å². The lowest BCUT2D eigenvalue weighted by Crippen LogP contribution is -2.36. The van der Waals surface area contributed by atoms with Gasteiger partial charge in [0.2, 0.25) is 0 Å². The van der Waals surface area contributed by atoms with Crippen molar-refractivity contribution in [2.75, 3.05) is 27.9 Å². The standard InChI is InChI=1S/C20H26BrN3O3.HI/c1-5-22-20(23-12-14-6-8-17(25-2)16(21)10-14)24-13-15-7-9-18(26-3)19(11-15)27-4;/h6-11H,5,12-13H2,1-4H3,(H2,22,23,24);1H. The van der Waals surface area contributed by atoms with Gasteiger partial charge in [-0.3, -0.25) is 0 Å². The maximum atomic E-state index is 5.35. The summed E-state index contributed by atoms with van der Waals surface area (Å²) in [6, 6.07) is 11.8. The van der Waals surface area contributed by atoms with E-state index in [0.29, 0.717) is 24.6 Å². The molecule has 0 heterocycles. The molecule has 0 bridgehead atoms. The number of ether oxygens (including phenoxy) is 3. The number of guanidine groups is 1. The van der Waals surface area contributed by atoms with E-state index in [1.807, 2.05) is 43.3 Å². The van der Waals surface area contributed by atoms with E-state index in [0.717, 1.165) is 33.9 Å². The number of methoxy groups -OCH3 is 3. The van der Waals surface area contributed by atoms with Gasteiger partial charge in [-0.1, -0.05) is 12.1 Å². The molecule has 0 aliphatic heterocycles. The Labute approximate surface area is 192 Å². The van der Waals surface area contributed by atoms with Crippen molar-refractivity contribution in [3.8, 4) is 17.2 Å². The fraction of sp³-hybridized carbons (Fsp3) is 0.350. The molecule has 0 aliphatic rings. The quantitative estimate of drug-likeness (QED) is 0.284. The fourth-order valence-electron chi connectivity index (χ4n) is 2.50.